The van der Waals surface area contributed by atoms with Crippen LogP contribution in [0.3, 0.4) is 0 Å². The molecule has 0 saturated carbocycles. The molecule has 0 bridgehead atoms. The van der Waals surface area contributed by atoms with E-state index in [2.05, 4.69) is 4.90 Å². The van der Waals surface area contributed by atoms with Gasteiger partial charge in [-0.05, 0) is 17.7 Å². The third kappa shape index (κ3) is 3.75. The van der Waals surface area contributed by atoms with Crippen molar-refractivity contribution in [1.29, 1.82) is 0 Å². The lowest BCUT2D eigenvalue weighted by atomic mass is 10.1. The molecule has 0 aliphatic carbocycles. The maximum atomic E-state index is 12.5. The molecule has 0 aromatic heterocycles. The summed E-state index contributed by atoms with van der Waals surface area (Å²) in [6.07, 6.45) is -0.502. The quantitative estimate of drug-likeness (QED) is 0.841. The first-order valence-electron chi connectivity index (χ1n) is 8.24. The van der Waals surface area contributed by atoms with E-state index >= 15 is 0 Å². The molecule has 1 aliphatic rings. The Balaban J connectivity index is 1.54. The van der Waals surface area contributed by atoms with Gasteiger partial charge in [-0.15, -0.1) is 0 Å². The van der Waals surface area contributed by atoms with Crippen LogP contribution in [0.25, 0.3) is 0 Å². The number of anilines is 1. The van der Waals surface area contributed by atoms with Crippen LogP contribution in [-0.4, -0.2) is 53.5 Å². The van der Waals surface area contributed by atoms with Crippen LogP contribution in [-0.2, 0) is 0 Å². The van der Waals surface area contributed by atoms with Gasteiger partial charge < -0.3 is 15.7 Å². The Morgan fingerprint density at radius 2 is 1.62 bits per heavy atom. The number of amides is 1. The maximum absolute atomic E-state index is 12.5. The number of aliphatic hydroxyl groups is 1. The zero-order valence-corrected chi connectivity index (χ0v) is 13.6. The van der Waals surface area contributed by atoms with E-state index in [0.29, 0.717) is 30.9 Å². The van der Waals surface area contributed by atoms with Gasteiger partial charge in [-0.1, -0.05) is 42.5 Å². The van der Waals surface area contributed by atoms with Gasteiger partial charge in [-0.3, -0.25) is 9.69 Å². The smallest absolute Gasteiger partial charge is 0.256 e. The molecule has 0 radical (unpaired) electrons. The van der Waals surface area contributed by atoms with E-state index in [9.17, 15) is 9.90 Å². The summed E-state index contributed by atoms with van der Waals surface area (Å²) >= 11 is 0. The monoisotopic (exact) mass is 325 g/mol. The average Bonchev–Trinajstić information content (AvgIpc) is 2.63. The Bertz CT molecular complexity index is 682. The molecule has 1 unspecified atom stereocenters. The van der Waals surface area contributed by atoms with Crippen molar-refractivity contribution in [2.45, 2.75) is 6.10 Å². The van der Waals surface area contributed by atoms with E-state index in [1.165, 1.54) is 0 Å². The Labute approximate surface area is 142 Å². The third-order valence-electron chi connectivity index (χ3n) is 4.47. The molecule has 5 nitrogen and oxygen atoms in total. The number of aliphatic hydroxyl groups excluding tert-OH is 1. The first-order chi connectivity index (χ1) is 11.6. The van der Waals surface area contributed by atoms with Crippen LogP contribution in [0.2, 0.25) is 0 Å². The highest BCUT2D eigenvalue weighted by molar-refractivity contribution is 5.99. The van der Waals surface area contributed by atoms with Crippen LogP contribution in [0.15, 0.2) is 54.6 Å². The summed E-state index contributed by atoms with van der Waals surface area (Å²) in [5, 5.41) is 10.3. The standard InChI is InChI=1S/C19H23N3O2/c20-17-9-5-4-8-16(17)19(24)22-12-10-21(11-13-22)14-18(23)15-6-2-1-3-7-15/h1-9,18,23H,10-14,20H2. The second-order valence-corrected chi connectivity index (χ2v) is 6.11. The molecular weight excluding hydrogens is 302 g/mol. The Morgan fingerprint density at radius 3 is 2.29 bits per heavy atom. The average molecular weight is 325 g/mol. The van der Waals surface area contributed by atoms with Crippen molar-refractivity contribution in [3.05, 3.63) is 65.7 Å². The molecule has 5 heteroatoms. The number of hydrogen-bond donors (Lipinski definition) is 2. The van der Waals surface area contributed by atoms with Crippen LogP contribution in [0.4, 0.5) is 5.69 Å². The molecule has 3 rings (SSSR count). The molecular formula is C19H23N3O2. The van der Waals surface area contributed by atoms with E-state index < -0.39 is 6.10 Å². The van der Waals surface area contributed by atoms with E-state index in [-0.39, 0.29) is 5.91 Å². The minimum Gasteiger partial charge on any atom is -0.398 e. The van der Waals surface area contributed by atoms with E-state index in [1.54, 1.807) is 12.1 Å². The summed E-state index contributed by atoms with van der Waals surface area (Å²) in [5.74, 6) is -0.0173. The fourth-order valence-electron chi connectivity index (χ4n) is 3.02. The van der Waals surface area contributed by atoms with Gasteiger partial charge in [0.2, 0.25) is 0 Å². The molecule has 1 fully saturated rings. The first-order valence-corrected chi connectivity index (χ1v) is 8.24. The van der Waals surface area contributed by atoms with Gasteiger partial charge in [0.25, 0.3) is 5.91 Å². The van der Waals surface area contributed by atoms with Gasteiger partial charge in [-0.2, -0.15) is 0 Å². The third-order valence-corrected chi connectivity index (χ3v) is 4.47. The molecule has 126 valence electrons. The SMILES string of the molecule is Nc1ccccc1C(=O)N1CCN(CC(O)c2ccccc2)CC1. The lowest BCUT2D eigenvalue weighted by Crippen LogP contribution is -2.49. The number of nitrogen functional groups attached to an aromatic ring is 1. The molecule has 3 N–H and O–H groups in total. The van der Waals surface area contributed by atoms with Gasteiger partial charge in [0, 0.05) is 38.4 Å². The summed E-state index contributed by atoms with van der Waals surface area (Å²) in [7, 11) is 0. The number of hydrogen-bond acceptors (Lipinski definition) is 4. The molecule has 1 saturated heterocycles. The van der Waals surface area contributed by atoms with E-state index in [4.69, 9.17) is 5.73 Å². The number of rotatable bonds is 4. The molecule has 1 heterocycles. The molecule has 1 amide bonds. The summed E-state index contributed by atoms with van der Waals surface area (Å²) in [5.41, 5.74) is 7.90. The van der Waals surface area contributed by atoms with Gasteiger partial charge in [0.1, 0.15) is 0 Å². The Kier molecular flexibility index (Phi) is 5.13. The molecule has 2 aromatic rings. The Morgan fingerprint density at radius 1 is 1.00 bits per heavy atom. The number of benzene rings is 2. The van der Waals surface area contributed by atoms with Crippen LogP contribution in [0.5, 0.6) is 0 Å². The minimum atomic E-state index is -0.502. The summed E-state index contributed by atoms with van der Waals surface area (Å²) in [4.78, 5) is 16.6. The zero-order chi connectivity index (χ0) is 16.9. The van der Waals surface area contributed by atoms with Crippen molar-refractivity contribution < 1.29 is 9.90 Å². The molecule has 0 spiro atoms. The predicted molar refractivity (Wildman–Crippen MR) is 94.6 cm³/mol. The van der Waals surface area contributed by atoms with Gasteiger partial charge >= 0.3 is 0 Å². The fourth-order valence-corrected chi connectivity index (χ4v) is 3.02. The van der Waals surface area contributed by atoms with Crippen LogP contribution in [0, 0.1) is 0 Å². The van der Waals surface area contributed by atoms with Gasteiger partial charge in [0.05, 0.1) is 11.7 Å². The highest BCUT2D eigenvalue weighted by Crippen LogP contribution is 2.17. The highest BCUT2D eigenvalue weighted by atomic mass is 16.3. The zero-order valence-electron chi connectivity index (χ0n) is 13.6. The largest absolute Gasteiger partial charge is 0.398 e. The number of carbonyl (C=O) groups excluding carboxylic acids is 1. The number of carbonyl (C=O) groups is 1. The number of nitrogens with zero attached hydrogens (tertiary/aromatic N) is 2. The molecule has 2 aromatic carbocycles. The molecule has 1 aliphatic heterocycles. The van der Waals surface area contributed by atoms with E-state index in [0.717, 1.165) is 18.7 Å². The van der Waals surface area contributed by atoms with Crippen molar-refractivity contribution in [2.75, 3.05) is 38.5 Å². The van der Waals surface area contributed by atoms with Crippen LogP contribution < -0.4 is 5.73 Å². The van der Waals surface area contributed by atoms with Crippen LogP contribution >= 0.6 is 0 Å². The van der Waals surface area contributed by atoms with Crippen molar-refractivity contribution in [1.82, 2.24) is 9.80 Å². The second-order valence-electron chi connectivity index (χ2n) is 6.11. The highest BCUT2D eigenvalue weighted by Gasteiger charge is 2.24. The van der Waals surface area contributed by atoms with Crippen LogP contribution in [0.1, 0.15) is 22.0 Å². The number of para-hydroxylation sites is 1. The topological polar surface area (TPSA) is 69.8 Å². The number of β-amino-alcohol motifs (C(OH)–C–C–N with tert-alkyl or cyclic N) is 1. The minimum absolute atomic E-state index is 0.0173. The first kappa shape index (κ1) is 16.5. The second kappa shape index (κ2) is 7.47. The van der Waals surface area contributed by atoms with Crippen molar-refractivity contribution in [2.24, 2.45) is 0 Å². The molecule has 1 atom stereocenters. The summed E-state index contributed by atoms with van der Waals surface area (Å²) in [6.45, 7) is 3.38. The van der Waals surface area contributed by atoms with Crippen molar-refractivity contribution in [3.63, 3.8) is 0 Å². The fraction of sp³-hybridized carbons (Fsp3) is 0.316. The lowest BCUT2D eigenvalue weighted by Gasteiger charge is -2.35. The van der Waals surface area contributed by atoms with Gasteiger partial charge in [0.15, 0.2) is 0 Å². The maximum Gasteiger partial charge on any atom is 0.256 e. The number of piperazine rings is 1. The Hall–Kier alpha value is -2.37. The normalized spacial score (nSPS) is 16.8. The van der Waals surface area contributed by atoms with Crippen molar-refractivity contribution >= 4 is 11.6 Å². The van der Waals surface area contributed by atoms with Crippen molar-refractivity contribution in [3.8, 4) is 0 Å². The van der Waals surface area contributed by atoms with Gasteiger partial charge in [-0.25, -0.2) is 0 Å². The number of nitrogens with two attached hydrogens (primary N) is 1. The summed E-state index contributed by atoms with van der Waals surface area (Å²) in [6, 6.07) is 16.8. The molecule has 24 heavy (non-hydrogen) atoms. The van der Waals surface area contributed by atoms with E-state index in [1.807, 2.05) is 47.4 Å². The lowest BCUT2D eigenvalue weighted by molar-refractivity contribution is 0.0528. The predicted octanol–water partition coefficient (Wildman–Crippen LogP) is 1.76. The summed E-state index contributed by atoms with van der Waals surface area (Å²) < 4.78 is 0.